The monoisotopic (exact) mass is 275 g/mol. The lowest BCUT2D eigenvalue weighted by Crippen LogP contribution is -2.39. The van der Waals surface area contributed by atoms with Gasteiger partial charge in [0.05, 0.1) is 6.54 Å². The quantitative estimate of drug-likeness (QED) is 0.721. The average molecular weight is 275 g/mol. The summed E-state index contributed by atoms with van der Waals surface area (Å²) in [6, 6.07) is 0. The summed E-state index contributed by atoms with van der Waals surface area (Å²) in [5.74, 6) is 0.967. The van der Waals surface area contributed by atoms with Crippen LogP contribution in [0, 0.1) is 16.7 Å². The Morgan fingerprint density at radius 1 is 1.40 bits per heavy atom. The van der Waals surface area contributed by atoms with Crippen molar-refractivity contribution in [2.45, 2.75) is 12.8 Å². The zero-order valence-electron chi connectivity index (χ0n) is 12.5. The summed E-state index contributed by atoms with van der Waals surface area (Å²) in [5, 5.41) is 6.29. The van der Waals surface area contributed by atoms with E-state index in [4.69, 9.17) is 0 Å². The smallest absolute Gasteiger partial charge is 0.234 e. The van der Waals surface area contributed by atoms with Gasteiger partial charge in [-0.15, -0.1) is 0 Å². The van der Waals surface area contributed by atoms with Crippen molar-refractivity contribution in [1.29, 1.82) is 0 Å². The highest BCUT2D eigenvalue weighted by atomic mass is 16.1. The van der Waals surface area contributed by atoms with Crippen LogP contribution >= 0.6 is 0 Å². The van der Waals surface area contributed by atoms with E-state index >= 15 is 0 Å². The van der Waals surface area contributed by atoms with Crippen molar-refractivity contribution in [2.75, 3.05) is 40.3 Å². The number of fused-ring (bicyclic) bond motifs is 3. The topological polar surface area (TPSA) is 44.4 Å². The minimum absolute atomic E-state index is 0.106. The van der Waals surface area contributed by atoms with E-state index in [0.717, 1.165) is 25.6 Å². The van der Waals surface area contributed by atoms with Crippen LogP contribution in [0.2, 0.25) is 0 Å². The van der Waals surface area contributed by atoms with Gasteiger partial charge in [-0.25, -0.2) is 0 Å². The van der Waals surface area contributed by atoms with E-state index in [2.05, 4.69) is 39.8 Å². The van der Waals surface area contributed by atoms with Gasteiger partial charge >= 0.3 is 0 Å². The maximum atomic E-state index is 11.7. The molecule has 2 saturated carbocycles. The molecule has 0 aromatic rings. The third-order valence-corrected chi connectivity index (χ3v) is 5.24. The summed E-state index contributed by atoms with van der Waals surface area (Å²) in [6.45, 7) is 3.03. The van der Waals surface area contributed by atoms with Crippen LogP contribution in [0.3, 0.4) is 0 Å². The van der Waals surface area contributed by atoms with Gasteiger partial charge in [0.15, 0.2) is 0 Å². The van der Waals surface area contributed by atoms with Gasteiger partial charge in [-0.05, 0) is 38.3 Å². The molecule has 0 bridgehead atoms. The molecule has 0 aromatic carbocycles. The lowest BCUT2D eigenvalue weighted by molar-refractivity contribution is -0.120. The normalized spacial score (nSPS) is 36.2. The fourth-order valence-electron chi connectivity index (χ4n) is 3.84. The van der Waals surface area contributed by atoms with Crippen molar-refractivity contribution in [3.63, 3.8) is 0 Å². The summed E-state index contributed by atoms with van der Waals surface area (Å²) in [4.78, 5) is 13.8. The van der Waals surface area contributed by atoms with Gasteiger partial charge in [-0.3, -0.25) is 4.79 Å². The Labute approximate surface area is 121 Å². The van der Waals surface area contributed by atoms with Crippen molar-refractivity contribution in [3.8, 4) is 0 Å². The number of allylic oxidation sites excluding steroid dienone is 4. The molecule has 2 fully saturated rings. The van der Waals surface area contributed by atoms with Gasteiger partial charge < -0.3 is 15.5 Å². The Morgan fingerprint density at radius 3 is 2.90 bits per heavy atom. The number of carbonyl (C=O) groups is 1. The van der Waals surface area contributed by atoms with Crippen LogP contribution in [-0.2, 0) is 4.79 Å². The molecule has 3 aliphatic rings. The van der Waals surface area contributed by atoms with Crippen molar-refractivity contribution in [3.05, 3.63) is 24.3 Å². The molecule has 1 amide bonds. The first-order chi connectivity index (χ1) is 9.61. The van der Waals surface area contributed by atoms with E-state index in [9.17, 15) is 4.79 Å². The molecule has 4 nitrogen and oxygen atoms in total. The lowest BCUT2D eigenvalue weighted by atomic mass is 9.82. The molecule has 3 atom stereocenters. The van der Waals surface area contributed by atoms with Gasteiger partial charge in [0.1, 0.15) is 0 Å². The Bertz CT molecular complexity index is 457. The molecular formula is C16H25N3O. The molecule has 0 unspecified atom stereocenters. The molecule has 2 N–H and O–H groups in total. The Morgan fingerprint density at radius 2 is 2.25 bits per heavy atom. The summed E-state index contributed by atoms with van der Waals surface area (Å²) in [5.41, 5.74) is 0.911. The van der Waals surface area contributed by atoms with Gasteiger partial charge in [0.25, 0.3) is 0 Å². The number of likely N-dealkylation sites (N-methyl/N-ethyl adjacent to an activating group) is 1. The molecule has 0 heterocycles. The Balaban J connectivity index is 1.35. The lowest BCUT2D eigenvalue weighted by Gasteiger charge is -2.24. The second kappa shape index (κ2) is 5.01. The van der Waals surface area contributed by atoms with Crippen molar-refractivity contribution in [2.24, 2.45) is 16.7 Å². The second-order valence-corrected chi connectivity index (χ2v) is 6.70. The van der Waals surface area contributed by atoms with Crippen LogP contribution in [0.1, 0.15) is 12.8 Å². The third-order valence-electron chi connectivity index (χ3n) is 5.24. The molecule has 1 spiro atoms. The van der Waals surface area contributed by atoms with Gasteiger partial charge in [0.2, 0.25) is 5.91 Å². The number of rotatable bonds is 7. The van der Waals surface area contributed by atoms with Gasteiger partial charge in [0, 0.05) is 25.0 Å². The minimum Gasteiger partial charge on any atom is -0.354 e. The number of nitrogens with zero attached hydrogens (tertiary/aromatic N) is 1. The minimum atomic E-state index is 0.106. The molecule has 110 valence electrons. The number of amides is 1. The summed E-state index contributed by atoms with van der Waals surface area (Å²) in [6.07, 6.45) is 11.5. The van der Waals surface area contributed by atoms with Crippen LogP contribution in [0.5, 0.6) is 0 Å². The fraction of sp³-hybridized carbons (Fsp3) is 0.688. The summed E-state index contributed by atoms with van der Waals surface area (Å²) >= 11 is 0. The SMILES string of the molecule is CN(C)CCNC(=O)CNC[C@@]12C[C@@H]1[C@@]21C=CC=CC1. The summed E-state index contributed by atoms with van der Waals surface area (Å²) in [7, 11) is 4.02. The highest BCUT2D eigenvalue weighted by Gasteiger charge is 2.86. The Kier molecular flexibility index (Phi) is 3.46. The molecule has 3 aliphatic carbocycles. The standard InChI is InChI=1S/C16H25N3O/c1-19(2)9-8-18-14(20)11-17-12-16-10-13(16)15(16)6-4-3-5-7-15/h3-6,13,17H,7-12H2,1-2H3,(H,18,20)/t13-,15+,16+/m1/s1. The molecule has 0 aliphatic heterocycles. The largest absolute Gasteiger partial charge is 0.354 e. The van der Waals surface area contributed by atoms with E-state index in [1.54, 1.807) is 0 Å². The van der Waals surface area contributed by atoms with Crippen LogP contribution in [0.4, 0.5) is 0 Å². The first-order valence-corrected chi connectivity index (χ1v) is 7.57. The molecule has 20 heavy (non-hydrogen) atoms. The fourth-order valence-corrected chi connectivity index (χ4v) is 3.84. The maximum Gasteiger partial charge on any atom is 0.234 e. The zero-order valence-corrected chi connectivity index (χ0v) is 12.5. The molecule has 0 radical (unpaired) electrons. The van der Waals surface area contributed by atoms with E-state index in [-0.39, 0.29) is 5.91 Å². The van der Waals surface area contributed by atoms with Crippen LogP contribution in [0.25, 0.3) is 0 Å². The highest BCUT2D eigenvalue weighted by molar-refractivity contribution is 5.78. The van der Waals surface area contributed by atoms with E-state index in [0.29, 0.717) is 17.4 Å². The van der Waals surface area contributed by atoms with Crippen molar-refractivity contribution >= 4 is 5.91 Å². The predicted octanol–water partition coefficient (Wildman–Crippen LogP) is 0.776. The highest BCUT2D eigenvalue weighted by Crippen LogP contribution is 2.89. The summed E-state index contributed by atoms with van der Waals surface area (Å²) < 4.78 is 0. The molecule has 3 rings (SSSR count). The third kappa shape index (κ3) is 2.21. The van der Waals surface area contributed by atoms with Gasteiger partial charge in [-0.2, -0.15) is 0 Å². The molecule has 0 aromatic heterocycles. The zero-order chi connectivity index (χ0) is 14.2. The molecular weight excluding hydrogens is 250 g/mol. The molecule has 0 saturated heterocycles. The first kappa shape index (κ1) is 13.8. The second-order valence-electron chi connectivity index (χ2n) is 6.70. The molecule has 4 heteroatoms. The van der Waals surface area contributed by atoms with Crippen molar-refractivity contribution < 1.29 is 4.79 Å². The number of hydrogen-bond acceptors (Lipinski definition) is 3. The van der Waals surface area contributed by atoms with Crippen LogP contribution < -0.4 is 10.6 Å². The van der Waals surface area contributed by atoms with E-state index < -0.39 is 0 Å². The van der Waals surface area contributed by atoms with Gasteiger partial charge in [-0.1, -0.05) is 24.3 Å². The first-order valence-electron chi connectivity index (χ1n) is 7.57. The Hall–Kier alpha value is -1.13. The van der Waals surface area contributed by atoms with E-state index in [1.165, 1.54) is 12.8 Å². The predicted molar refractivity (Wildman–Crippen MR) is 80.3 cm³/mol. The average Bonchev–Trinajstić information content (AvgIpc) is 3.27. The number of nitrogens with one attached hydrogen (secondary N) is 2. The number of carbonyl (C=O) groups excluding carboxylic acids is 1. The van der Waals surface area contributed by atoms with Crippen LogP contribution in [-0.4, -0.2) is 51.1 Å². The van der Waals surface area contributed by atoms with Crippen LogP contribution in [0.15, 0.2) is 24.3 Å². The van der Waals surface area contributed by atoms with Crippen molar-refractivity contribution in [1.82, 2.24) is 15.5 Å². The van der Waals surface area contributed by atoms with E-state index in [1.807, 2.05) is 14.1 Å². The maximum absolute atomic E-state index is 11.7. The number of hydrogen-bond donors (Lipinski definition) is 2.